The third-order valence-electron chi connectivity index (χ3n) is 4.93. The Morgan fingerprint density at radius 1 is 1.21 bits per heavy atom. The minimum atomic E-state index is -0.711. The summed E-state index contributed by atoms with van der Waals surface area (Å²) in [7, 11) is 1.57. The molecule has 3 rings (SSSR count). The van der Waals surface area contributed by atoms with E-state index in [0.29, 0.717) is 32.1 Å². The molecule has 2 fully saturated rings. The van der Waals surface area contributed by atoms with E-state index in [-0.39, 0.29) is 18.8 Å². The number of nitrogens with zero attached hydrogens (tertiary/aromatic N) is 4. The molecule has 3 amide bonds. The second kappa shape index (κ2) is 12.0. The van der Waals surface area contributed by atoms with Crippen LogP contribution in [0.3, 0.4) is 0 Å². The van der Waals surface area contributed by atoms with E-state index < -0.39 is 24.6 Å². The van der Waals surface area contributed by atoms with Crippen LogP contribution in [0, 0.1) is 0 Å². The summed E-state index contributed by atoms with van der Waals surface area (Å²) in [6, 6.07) is 6.57. The highest BCUT2D eigenvalue weighted by atomic mass is 16.6. The summed E-state index contributed by atoms with van der Waals surface area (Å²) in [5, 5.41) is 4.89. The van der Waals surface area contributed by atoms with Crippen molar-refractivity contribution in [1.29, 1.82) is 0 Å². The number of quaternary nitrogens is 1. The molecule has 0 aromatic heterocycles. The standard InChI is InChI=1S/C22H27N5O7/c1-16(34-17(2)18-4-6-19(7-5-18)24-31-3)12-23-27-13-20(28)26(22(27)30)15-33-21(29)14-25-8-10-32-11-9-25/h4-7,12,24H,1-2,8-11,13-15H2,3H3/p+1/b23-12+. The van der Waals surface area contributed by atoms with E-state index in [1.807, 2.05) is 17.0 Å². The smallest absolute Gasteiger partial charge is 0.350 e. The number of morpholine rings is 1. The zero-order chi connectivity index (χ0) is 24.5. The van der Waals surface area contributed by atoms with Crippen LogP contribution in [0.2, 0.25) is 0 Å². The van der Waals surface area contributed by atoms with E-state index in [4.69, 9.17) is 19.0 Å². The van der Waals surface area contributed by atoms with Gasteiger partial charge in [0.1, 0.15) is 18.1 Å². The molecule has 2 aliphatic rings. The predicted molar refractivity (Wildman–Crippen MR) is 120 cm³/mol. The summed E-state index contributed by atoms with van der Waals surface area (Å²) in [6.45, 7) is 9.22. The molecular formula is C22H28N5O7+. The van der Waals surface area contributed by atoms with Crippen LogP contribution in [0.1, 0.15) is 5.56 Å². The number of rotatable bonds is 11. The maximum absolute atomic E-state index is 12.5. The van der Waals surface area contributed by atoms with Gasteiger partial charge in [-0.1, -0.05) is 13.2 Å². The Morgan fingerprint density at radius 2 is 1.91 bits per heavy atom. The maximum atomic E-state index is 12.5. The number of hydrogen-bond donors (Lipinski definition) is 1. The molecule has 0 atom stereocenters. The van der Waals surface area contributed by atoms with E-state index in [0.717, 1.165) is 21.2 Å². The van der Waals surface area contributed by atoms with Gasteiger partial charge in [-0.05, 0) is 12.1 Å². The summed E-state index contributed by atoms with van der Waals surface area (Å²) in [5.74, 6) is -0.616. The molecule has 2 heterocycles. The molecule has 0 radical (unpaired) electrons. The van der Waals surface area contributed by atoms with Gasteiger partial charge in [0.15, 0.2) is 12.4 Å². The topological polar surface area (TPSA) is 127 Å². The minimum absolute atomic E-state index is 0.0653. The van der Waals surface area contributed by atoms with E-state index in [9.17, 15) is 14.4 Å². The number of nitrogens with two attached hydrogens (primary N) is 1. The Morgan fingerprint density at radius 3 is 2.59 bits per heavy atom. The summed E-state index contributed by atoms with van der Waals surface area (Å²) in [6.07, 6.45) is 1.21. The van der Waals surface area contributed by atoms with E-state index in [2.05, 4.69) is 18.3 Å². The van der Waals surface area contributed by atoms with Crippen LogP contribution in [0.25, 0.3) is 5.76 Å². The molecule has 1 aromatic carbocycles. The first-order valence-electron chi connectivity index (χ1n) is 10.5. The summed E-state index contributed by atoms with van der Waals surface area (Å²) >= 11 is 0. The molecule has 0 unspecified atom stereocenters. The summed E-state index contributed by atoms with van der Waals surface area (Å²) in [4.78, 5) is 44.3. The van der Waals surface area contributed by atoms with Crippen LogP contribution >= 0.6 is 0 Å². The number of carbonyl (C=O) groups is 3. The third-order valence-corrected chi connectivity index (χ3v) is 4.93. The van der Waals surface area contributed by atoms with Gasteiger partial charge in [-0.2, -0.15) is 10.6 Å². The molecule has 2 saturated heterocycles. The normalized spacial score (nSPS) is 16.9. The number of esters is 1. The van der Waals surface area contributed by atoms with Crippen LogP contribution in [-0.2, 0) is 28.6 Å². The fourth-order valence-corrected chi connectivity index (χ4v) is 3.13. The number of hydrazone groups is 1. The third kappa shape index (κ3) is 6.96. The zero-order valence-electron chi connectivity index (χ0n) is 19.0. The predicted octanol–water partition coefficient (Wildman–Crippen LogP) is 0.0268. The van der Waals surface area contributed by atoms with Crippen LogP contribution in [0.15, 0.2) is 48.3 Å². The fourth-order valence-electron chi connectivity index (χ4n) is 3.13. The summed E-state index contributed by atoms with van der Waals surface area (Å²) in [5.41, 5.74) is 3.20. The lowest BCUT2D eigenvalue weighted by molar-refractivity contribution is -0.830. The first-order chi connectivity index (χ1) is 16.4. The zero-order valence-corrected chi connectivity index (χ0v) is 19.0. The lowest BCUT2D eigenvalue weighted by atomic mass is 10.2. The number of hydrogen-bond acceptors (Lipinski definition) is 9. The van der Waals surface area contributed by atoms with Crippen molar-refractivity contribution in [2.75, 3.05) is 53.2 Å². The lowest BCUT2D eigenvalue weighted by Crippen LogP contribution is -2.75. The number of benzene rings is 1. The van der Waals surface area contributed by atoms with Gasteiger partial charge in [0.2, 0.25) is 0 Å². The van der Waals surface area contributed by atoms with Gasteiger partial charge in [0, 0.05) is 30.8 Å². The number of ether oxygens (including phenoxy) is 3. The van der Waals surface area contributed by atoms with Crippen LogP contribution in [0.5, 0.6) is 0 Å². The van der Waals surface area contributed by atoms with Crippen molar-refractivity contribution in [2.24, 2.45) is 5.10 Å². The number of amides is 3. The molecule has 12 heteroatoms. The molecule has 2 N–H and O–H groups in total. The first kappa shape index (κ1) is 25.1. The quantitative estimate of drug-likeness (QED) is 0.119. The molecule has 0 saturated carbocycles. The Hall–Kier alpha value is -3.58. The van der Waals surface area contributed by atoms with Crippen LogP contribution in [-0.4, -0.2) is 92.2 Å². The van der Waals surface area contributed by atoms with Crippen molar-refractivity contribution >= 4 is 35.6 Å². The highest BCUT2D eigenvalue weighted by Gasteiger charge is 2.37. The van der Waals surface area contributed by atoms with Gasteiger partial charge < -0.3 is 14.2 Å². The number of imide groups is 1. The average Bonchev–Trinajstić information content (AvgIpc) is 3.10. The average molecular weight is 474 g/mol. The molecule has 0 bridgehead atoms. The van der Waals surface area contributed by atoms with E-state index in [1.54, 1.807) is 24.7 Å². The monoisotopic (exact) mass is 474 g/mol. The molecule has 0 spiro atoms. The van der Waals surface area contributed by atoms with Gasteiger partial charge in [-0.3, -0.25) is 14.5 Å². The first-order valence-corrected chi connectivity index (χ1v) is 10.5. The van der Waals surface area contributed by atoms with Crippen LogP contribution in [0.4, 0.5) is 10.5 Å². The second-order valence-electron chi connectivity index (χ2n) is 7.41. The largest absolute Gasteiger partial charge is 0.456 e. The van der Waals surface area contributed by atoms with Crippen molar-refractivity contribution < 1.29 is 38.9 Å². The van der Waals surface area contributed by atoms with Crippen LogP contribution < -0.4 is 5.48 Å². The molecule has 12 nitrogen and oxygen atoms in total. The Labute approximate surface area is 196 Å². The van der Waals surface area contributed by atoms with Gasteiger partial charge in [-0.15, -0.1) is 0 Å². The number of allylic oxidation sites excluding steroid dienone is 1. The minimum Gasteiger partial charge on any atom is -0.456 e. The van der Waals surface area contributed by atoms with Gasteiger partial charge in [0.25, 0.3) is 5.91 Å². The second-order valence-corrected chi connectivity index (χ2v) is 7.41. The van der Waals surface area contributed by atoms with E-state index in [1.165, 1.54) is 6.21 Å². The number of carbonyl (C=O) groups excluding carboxylic acids is 3. The lowest BCUT2D eigenvalue weighted by Gasteiger charge is -2.25. The van der Waals surface area contributed by atoms with Crippen molar-refractivity contribution in [3.63, 3.8) is 0 Å². The molecule has 34 heavy (non-hydrogen) atoms. The Bertz CT molecular complexity index is 957. The van der Waals surface area contributed by atoms with Crippen molar-refractivity contribution in [1.82, 2.24) is 14.8 Å². The fraction of sp³-hybridized carbons (Fsp3) is 0.364. The molecule has 1 aromatic rings. The Kier molecular flexibility index (Phi) is 8.87. The van der Waals surface area contributed by atoms with Gasteiger partial charge >= 0.3 is 12.0 Å². The molecule has 182 valence electrons. The summed E-state index contributed by atoms with van der Waals surface area (Å²) < 4.78 is 15.8. The highest BCUT2D eigenvalue weighted by Crippen LogP contribution is 2.18. The Balaban J connectivity index is 1.45. The van der Waals surface area contributed by atoms with Gasteiger partial charge in [0.05, 0.1) is 33.1 Å². The molecule has 2 aliphatic heterocycles. The number of urea groups is 1. The van der Waals surface area contributed by atoms with Crippen molar-refractivity contribution in [2.45, 2.75) is 0 Å². The van der Waals surface area contributed by atoms with Crippen molar-refractivity contribution in [3.8, 4) is 0 Å². The SMILES string of the molecule is C=C(/C=N/N1CC(=O)N(COC(=O)CN2CCOCC2)C1=O)OC(=C)c1ccc([NH2+]OC)cc1. The highest BCUT2D eigenvalue weighted by molar-refractivity contribution is 6.02. The van der Waals surface area contributed by atoms with Gasteiger partial charge in [-0.25, -0.2) is 19.5 Å². The maximum Gasteiger partial charge on any atom is 0.350 e. The van der Waals surface area contributed by atoms with E-state index >= 15 is 0 Å². The molecule has 0 aliphatic carbocycles. The van der Waals surface area contributed by atoms with Crippen molar-refractivity contribution in [3.05, 3.63) is 48.7 Å². The molecular weight excluding hydrogens is 446 g/mol.